The van der Waals surface area contributed by atoms with E-state index >= 15 is 0 Å². The molecule has 10 heteroatoms. The van der Waals surface area contributed by atoms with Crippen molar-refractivity contribution in [1.29, 1.82) is 0 Å². The van der Waals surface area contributed by atoms with Gasteiger partial charge in [0, 0.05) is 30.0 Å². The van der Waals surface area contributed by atoms with E-state index < -0.39 is 23.0 Å². The van der Waals surface area contributed by atoms with Gasteiger partial charge in [0.1, 0.15) is 22.3 Å². The number of aromatic nitrogens is 1. The van der Waals surface area contributed by atoms with E-state index in [4.69, 9.17) is 5.73 Å². The molecule has 4 aromatic rings. The highest BCUT2D eigenvalue weighted by atomic mass is 32.1. The Balaban J connectivity index is 1.35. The van der Waals surface area contributed by atoms with E-state index in [1.54, 1.807) is 24.3 Å². The Labute approximate surface area is 204 Å². The smallest absolute Gasteiger partial charge is 0.251 e. The van der Waals surface area contributed by atoms with E-state index in [0.717, 1.165) is 29.2 Å². The summed E-state index contributed by atoms with van der Waals surface area (Å²) < 4.78 is 28.0. The van der Waals surface area contributed by atoms with E-state index in [0.29, 0.717) is 24.3 Å². The highest BCUT2D eigenvalue weighted by Gasteiger charge is 2.24. The number of nitrogens with two attached hydrogens (primary N) is 1. The van der Waals surface area contributed by atoms with Crippen molar-refractivity contribution in [3.63, 3.8) is 0 Å². The van der Waals surface area contributed by atoms with Crippen molar-refractivity contribution in [1.82, 2.24) is 10.3 Å². The molecular weight excluding hydrogens is 472 g/mol. The first-order chi connectivity index (χ1) is 16.9. The van der Waals surface area contributed by atoms with Gasteiger partial charge in [-0.05, 0) is 48.5 Å². The van der Waals surface area contributed by atoms with Gasteiger partial charge in [0.05, 0.1) is 5.56 Å². The summed E-state index contributed by atoms with van der Waals surface area (Å²) in [5.41, 5.74) is 7.19. The number of carbonyl (C=O) groups excluding carboxylic acids is 2. The molecule has 0 fully saturated rings. The number of nitrogens with zero attached hydrogens (tertiary/aromatic N) is 1. The fourth-order valence-corrected chi connectivity index (χ4v) is 4.10. The van der Waals surface area contributed by atoms with Crippen LogP contribution >= 0.6 is 11.3 Å². The Bertz CT molecular complexity index is 1320. The standard InChI is InChI=1S/C25H21F2N5O2S/c26-18-7-4-8-19(27)20(18)21(33)22-23(28)32-25(35-22)31-17-11-9-15(10-12-17)24(34)30-14-13-29-16-5-2-1-3-6-16/h1-12,29H,13-14,28H2,(H,30,34)(H,31,32). The maximum absolute atomic E-state index is 14.0. The lowest BCUT2D eigenvalue weighted by Crippen LogP contribution is -2.28. The van der Waals surface area contributed by atoms with Crippen molar-refractivity contribution in [3.05, 3.63) is 100 Å². The first-order valence-corrected chi connectivity index (χ1v) is 11.4. The van der Waals surface area contributed by atoms with Crippen LogP contribution in [0, 0.1) is 11.6 Å². The van der Waals surface area contributed by atoms with Crippen LogP contribution in [0.4, 0.5) is 31.1 Å². The first-order valence-electron chi connectivity index (χ1n) is 10.6. The monoisotopic (exact) mass is 493 g/mol. The van der Waals surface area contributed by atoms with Gasteiger partial charge in [0.25, 0.3) is 5.91 Å². The van der Waals surface area contributed by atoms with Crippen LogP contribution in [-0.2, 0) is 0 Å². The molecule has 4 rings (SSSR count). The minimum absolute atomic E-state index is 0.0726. The topological polar surface area (TPSA) is 109 Å². The summed E-state index contributed by atoms with van der Waals surface area (Å²) >= 11 is 0.881. The Hall–Kier alpha value is -4.31. The molecule has 3 aromatic carbocycles. The van der Waals surface area contributed by atoms with Gasteiger partial charge in [-0.3, -0.25) is 9.59 Å². The predicted molar refractivity (Wildman–Crippen MR) is 133 cm³/mol. The zero-order valence-electron chi connectivity index (χ0n) is 18.3. The second-order valence-corrected chi connectivity index (χ2v) is 8.41. The maximum atomic E-state index is 14.0. The third kappa shape index (κ3) is 5.79. The van der Waals surface area contributed by atoms with Crippen molar-refractivity contribution in [3.8, 4) is 0 Å². The second-order valence-electron chi connectivity index (χ2n) is 7.41. The number of para-hydroxylation sites is 1. The SMILES string of the molecule is Nc1nc(Nc2ccc(C(=O)NCCNc3ccccc3)cc2)sc1C(=O)c1c(F)cccc1F. The van der Waals surface area contributed by atoms with Crippen LogP contribution in [0.1, 0.15) is 25.6 Å². The van der Waals surface area contributed by atoms with Crippen LogP contribution in [0.25, 0.3) is 0 Å². The highest BCUT2D eigenvalue weighted by Crippen LogP contribution is 2.31. The zero-order chi connectivity index (χ0) is 24.8. The lowest BCUT2D eigenvalue weighted by atomic mass is 10.1. The van der Waals surface area contributed by atoms with Crippen LogP contribution in [0.3, 0.4) is 0 Å². The third-order valence-corrected chi connectivity index (χ3v) is 5.95. The Kier molecular flexibility index (Phi) is 7.32. The first kappa shape index (κ1) is 23.8. The van der Waals surface area contributed by atoms with E-state index in [9.17, 15) is 18.4 Å². The summed E-state index contributed by atoms with van der Waals surface area (Å²) in [4.78, 5) is 29.0. The fourth-order valence-electron chi connectivity index (χ4n) is 3.25. The van der Waals surface area contributed by atoms with Gasteiger partial charge < -0.3 is 21.7 Å². The van der Waals surface area contributed by atoms with Gasteiger partial charge in [-0.25, -0.2) is 13.8 Å². The minimum atomic E-state index is -0.970. The summed E-state index contributed by atoms with van der Waals surface area (Å²) in [5, 5.41) is 9.30. The molecule has 0 aliphatic rings. The number of hydrogen-bond donors (Lipinski definition) is 4. The van der Waals surface area contributed by atoms with Crippen LogP contribution < -0.4 is 21.7 Å². The number of rotatable bonds is 9. The quantitative estimate of drug-likeness (QED) is 0.197. The van der Waals surface area contributed by atoms with Gasteiger partial charge in [0.15, 0.2) is 5.13 Å². The number of benzene rings is 3. The number of nitrogens with one attached hydrogen (secondary N) is 3. The van der Waals surface area contributed by atoms with E-state index in [2.05, 4.69) is 20.9 Å². The van der Waals surface area contributed by atoms with Crippen molar-refractivity contribution >= 4 is 45.4 Å². The summed E-state index contributed by atoms with van der Waals surface area (Å²) in [6.07, 6.45) is 0. The normalized spacial score (nSPS) is 10.6. The van der Waals surface area contributed by atoms with Gasteiger partial charge in [-0.15, -0.1) is 0 Å². The average Bonchev–Trinajstić information content (AvgIpc) is 3.22. The molecule has 35 heavy (non-hydrogen) atoms. The van der Waals surface area contributed by atoms with Gasteiger partial charge in [0.2, 0.25) is 5.78 Å². The number of carbonyl (C=O) groups is 2. The molecule has 0 bridgehead atoms. The second kappa shape index (κ2) is 10.7. The minimum Gasteiger partial charge on any atom is -0.383 e. The molecule has 178 valence electrons. The van der Waals surface area contributed by atoms with E-state index in [1.165, 1.54) is 6.07 Å². The van der Waals surface area contributed by atoms with Crippen molar-refractivity contribution in [2.24, 2.45) is 0 Å². The van der Waals surface area contributed by atoms with E-state index in [-0.39, 0.29) is 21.7 Å². The van der Waals surface area contributed by atoms with Gasteiger partial charge in [-0.2, -0.15) is 0 Å². The van der Waals surface area contributed by atoms with Crippen molar-refractivity contribution in [2.45, 2.75) is 0 Å². The molecule has 1 heterocycles. The van der Waals surface area contributed by atoms with Crippen molar-refractivity contribution < 1.29 is 18.4 Å². The number of hydrogen-bond acceptors (Lipinski definition) is 7. The molecule has 0 aliphatic carbocycles. The Morgan fingerprint density at radius 2 is 1.54 bits per heavy atom. The lowest BCUT2D eigenvalue weighted by molar-refractivity contribution is 0.0954. The molecule has 0 saturated heterocycles. The molecule has 0 spiro atoms. The highest BCUT2D eigenvalue weighted by molar-refractivity contribution is 7.18. The zero-order valence-corrected chi connectivity index (χ0v) is 19.2. The predicted octanol–water partition coefficient (Wildman–Crippen LogP) is 4.82. The molecular formula is C25H21F2N5O2S. The number of amides is 1. The number of ketones is 1. The van der Waals surface area contributed by atoms with Crippen LogP contribution in [-0.4, -0.2) is 29.8 Å². The number of halogens is 2. The molecule has 1 aromatic heterocycles. The number of thiazole rings is 1. The molecule has 0 atom stereocenters. The molecule has 0 saturated carbocycles. The van der Waals surface area contributed by atoms with Crippen LogP contribution in [0.15, 0.2) is 72.8 Å². The van der Waals surface area contributed by atoms with Crippen molar-refractivity contribution in [2.75, 3.05) is 29.5 Å². The molecule has 0 radical (unpaired) electrons. The number of anilines is 4. The molecule has 1 amide bonds. The molecule has 0 aliphatic heterocycles. The van der Waals surface area contributed by atoms with Gasteiger partial charge in [-0.1, -0.05) is 35.6 Å². The summed E-state index contributed by atoms with van der Waals surface area (Å²) in [6, 6.07) is 19.5. The number of nitrogen functional groups attached to an aromatic ring is 1. The maximum Gasteiger partial charge on any atom is 0.251 e. The third-order valence-electron chi connectivity index (χ3n) is 4.96. The largest absolute Gasteiger partial charge is 0.383 e. The summed E-state index contributed by atoms with van der Waals surface area (Å²) in [6.45, 7) is 1.03. The average molecular weight is 494 g/mol. The van der Waals surface area contributed by atoms with Crippen LogP contribution in [0.5, 0.6) is 0 Å². The molecule has 7 nitrogen and oxygen atoms in total. The van der Waals surface area contributed by atoms with Gasteiger partial charge >= 0.3 is 0 Å². The molecule has 5 N–H and O–H groups in total. The lowest BCUT2D eigenvalue weighted by Gasteiger charge is -2.08. The molecule has 0 unspecified atom stereocenters. The van der Waals surface area contributed by atoms with Crippen LogP contribution in [0.2, 0.25) is 0 Å². The summed E-state index contributed by atoms with van der Waals surface area (Å²) in [5.74, 6) is -3.17. The van der Waals surface area contributed by atoms with E-state index in [1.807, 2.05) is 30.3 Å². The fraction of sp³-hybridized carbons (Fsp3) is 0.0800. The Morgan fingerprint density at radius 1 is 0.857 bits per heavy atom. The summed E-state index contributed by atoms with van der Waals surface area (Å²) in [7, 11) is 0. The Morgan fingerprint density at radius 3 is 2.23 bits per heavy atom.